The summed E-state index contributed by atoms with van der Waals surface area (Å²) in [6.07, 6.45) is 0. The number of amides is 1. The molecule has 1 amide bonds. The zero-order valence-electron chi connectivity index (χ0n) is 7.41. The average molecular weight is 218 g/mol. The number of carbonyl (C=O) groups is 2. The molecule has 0 spiro atoms. The Bertz CT molecular complexity index is 297. The number of thioether (sulfide) groups is 1. The normalized spacial score (nSPS) is 40.7. The smallest absolute Gasteiger partial charge is 0.330 e. The Morgan fingerprint density at radius 2 is 2.36 bits per heavy atom. The molecule has 7 heteroatoms. The molecule has 0 aromatic rings. The van der Waals surface area contributed by atoms with E-state index in [0.717, 1.165) is 0 Å². The quantitative estimate of drug-likeness (QED) is 0.557. The first-order chi connectivity index (χ1) is 6.57. The lowest BCUT2D eigenvalue weighted by molar-refractivity contribution is -0.160. The SMILES string of the molecule is COC1SC2C(N)C(=O)N2C1C(=O)O. The maximum atomic E-state index is 11.3. The maximum absolute atomic E-state index is 11.3. The molecule has 6 nitrogen and oxygen atoms in total. The number of carbonyl (C=O) groups excluding carboxylic acids is 1. The third-order valence-corrected chi connectivity index (χ3v) is 3.96. The molecule has 4 unspecified atom stereocenters. The monoisotopic (exact) mass is 218 g/mol. The summed E-state index contributed by atoms with van der Waals surface area (Å²) in [6, 6.07) is -1.48. The van der Waals surface area contributed by atoms with Gasteiger partial charge in [0.1, 0.15) is 16.9 Å². The number of β-lactam (4-membered cyclic amide) rings is 1. The highest BCUT2D eigenvalue weighted by Gasteiger charge is 2.59. The lowest BCUT2D eigenvalue weighted by Crippen LogP contribution is -2.68. The van der Waals surface area contributed by atoms with Gasteiger partial charge < -0.3 is 20.5 Å². The van der Waals surface area contributed by atoms with Crippen molar-refractivity contribution in [3.8, 4) is 0 Å². The number of methoxy groups -OCH3 is 1. The van der Waals surface area contributed by atoms with Crippen LogP contribution in [0.3, 0.4) is 0 Å². The van der Waals surface area contributed by atoms with E-state index in [1.54, 1.807) is 0 Å². The van der Waals surface area contributed by atoms with Crippen molar-refractivity contribution in [1.82, 2.24) is 4.90 Å². The van der Waals surface area contributed by atoms with Gasteiger partial charge >= 0.3 is 5.97 Å². The average Bonchev–Trinajstić information content (AvgIpc) is 2.52. The molecule has 0 aromatic carbocycles. The molecule has 2 saturated heterocycles. The number of carboxylic acids is 1. The van der Waals surface area contributed by atoms with Crippen molar-refractivity contribution in [3.05, 3.63) is 0 Å². The number of rotatable bonds is 2. The Balaban J connectivity index is 2.22. The van der Waals surface area contributed by atoms with E-state index in [-0.39, 0.29) is 11.3 Å². The molecular weight excluding hydrogens is 208 g/mol. The van der Waals surface area contributed by atoms with Crippen molar-refractivity contribution in [2.24, 2.45) is 5.73 Å². The minimum atomic E-state index is -1.05. The van der Waals surface area contributed by atoms with Gasteiger partial charge in [-0.05, 0) is 0 Å². The molecule has 0 aliphatic carbocycles. The fourth-order valence-corrected chi connectivity index (χ4v) is 3.15. The zero-order chi connectivity index (χ0) is 10.5. The van der Waals surface area contributed by atoms with Crippen LogP contribution < -0.4 is 5.73 Å². The number of hydrogen-bond donors (Lipinski definition) is 2. The van der Waals surface area contributed by atoms with Crippen LogP contribution in [0, 0.1) is 0 Å². The third kappa shape index (κ3) is 1.06. The van der Waals surface area contributed by atoms with Crippen LogP contribution in [0.4, 0.5) is 0 Å². The molecule has 0 saturated carbocycles. The highest BCUT2D eigenvalue weighted by molar-refractivity contribution is 8.00. The molecule has 2 heterocycles. The second-order valence-electron chi connectivity index (χ2n) is 3.19. The summed E-state index contributed by atoms with van der Waals surface area (Å²) >= 11 is 1.29. The topological polar surface area (TPSA) is 92.9 Å². The molecule has 2 rings (SSSR count). The van der Waals surface area contributed by atoms with E-state index < -0.39 is 23.5 Å². The Labute approximate surface area is 84.4 Å². The zero-order valence-corrected chi connectivity index (χ0v) is 8.23. The first kappa shape index (κ1) is 9.75. The van der Waals surface area contributed by atoms with Crippen LogP contribution in [0.25, 0.3) is 0 Å². The summed E-state index contributed by atoms with van der Waals surface area (Å²) < 4.78 is 5.00. The highest BCUT2D eigenvalue weighted by atomic mass is 32.2. The summed E-state index contributed by atoms with van der Waals surface area (Å²) in [5, 5.41) is 8.67. The fourth-order valence-electron chi connectivity index (χ4n) is 1.72. The minimum Gasteiger partial charge on any atom is -0.480 e. The second-order valence-corrected chi connectivity index (χ2v) is 4.40. The molecule has 0 aromatic heterocycles. The molecule has 14 heavy (non-hydrogen) atoms. The molecule has 0 bridgehead atoms. The molecule has 4 atom stereocenters. The van der Waals surface area contributed by atoms with Crippen molar-refractivity contribution < 1.29 is 19.4 Å². The lowest BCUT2D eigenvalue weighted by atomic mass is 10.1. The van der Waals surface area contributed by atoms with E-state index >= 15 is 0 Å². The predicted octanol–water partition coefficient (Wildman–Crippen LogP) is -1.35. The largest absolute Gasteiger partial charge is 0.480 e. The van der Waals surface area contributed by atoms with Crippen LogP contribution in [-0.2, 0) is 14.3 Å². The van der Waals surface area contributed by atoms with E-state index in [0.29, 0.717) is 0 Å². The molecule has 3 N–H and O–H groups in total. The van der Waals surface area contributed by atoms with E-state index in [9.17, 15) is 9.59 Å². The van der Waals surface area contributed by atoms with Gasteiger partial charge in [-0.3, -0.25) is 4.79 Å². The molecule has 0 radical (unpaired) electrons. The first-order valence-electron chi connectivity index (χ1n) is 4.06. The van der Waals surface area contributed by atoms with E-state index in [4.69, 9.17) is 15.6 Å². The van der Waals surface area contributed by atoms with Crippen molar-refractivity contribution >= 4 is 23.6 Å². The molecule has 2 fully saturated rings. The third-order valence-electron chi connectivity index (χ3n) is 2.44. The van der Waals surface area contributed by atoms with Crippen LogP contribution >= 0.6 is 11.8 Å². The van der Waals surface area contributed by atoms with Gasteiger partial charge in [-0.1, -0.05) is 0 Å². The predicted molar refractivity (Wildman–Crippen MR) is 48.4 cm³/mol. The number of carboxylic acid groups (broad SMARTS) is 1. The lowest BCUT2D eigenvalue weighted by Gasteiger charge is -2.40. The summed E-state index contributed by atoms with van der Waals surface area (Å²) in [4.78, 5) is 23.5. The summed E-state index contributed by atoms with van der Waals surface area (Å²) in [5.74, 6) is -1.36. The van der Waals surface area contributed by atoms with Crippen molar-refractivity contribution in [1.29, 1.82) is 0 Å². The second kappa shape index (κ2) is 3.11. The van der Waals surface area contributed by atoms with E-state index in [2.05, 4.69) is 0 Å². The number of hydrogen-bond acceptors (Lipinski definition) is 5. The van der Waals surface area contributed by atoms with Crippen LogP contribution in [-0.4, -0.2) is 51.9 Å². The van der Waals surface area contributed by atoms with Gasteiger partial charge in [-0.15, -0.1) is 11.8 Å². The Morgan fingerprint density at radius 1 is 1.71 bits per heavy atom. The van der Waals surface area contributed by atoms with Gasteiger partial charge in [-0.2, -0.15) is 0 Å². The highest BCUT2D eigenvalue weighted by Crippen LogP contribution is 2.43. The van der Waals surface area contributed by atoms with Gasteiger partial charge in [0.05, 0.1) is 0 Å². The van der Waals surface area contributed by atoms with Crippen molar-refractivity contribution in [2.75, 3.05) is 7.11 Å². The number of nitrogens with zero attached hydrogens (tertiary/aromatic N) is 1. The van der Waals surface area contributed by atoms with Gasteiger partial charge in [-0.25, -0.2) is 4.79 Å². The van der Waals surface area contributed by atoms with Gasteiger partial charge in [0.2, 0.25) is 5.91 Å². The van der Waals surface area contributed by atoms with Crippen molar-refractivity contribution in [3.63, 3.8) is 0 Å². The van der Waals surface area contributed by atoms with Crippen LogP contribution in [0.2, 0.25) is 0 Å². The molecular formula is C7H10N2O4S. The van der Waals surface area contributed by atoms with Gasteiger partial charge in [0, 0.05) is 7.11 Å². The van der Waals surface area contributed by atoms with Gasteiger partial charge in [0.15, 0.2) is 6.04 Å². The van der Waals surface area contributed by atoms with E-state index in [1.165, 1.54) is 23.8 Å². The minimum absolute atomic E-state index is 0.242. The molecule has 2 aliphatic rings. The summed E-state index contributed by atoms with van der Waals surface area (Å²) in [6.45, 7) is 0. The van der Waals surface area contributed by atoms with Crippen LogP contribution in [0.1, 0.15) is 0 Å². The van der Waals surface area contributed by atoms with E-state index in [1.807, 2.05) is 0 Å². The number of nitrogens with two attached hydrogens (primary N) is 1. The molecule has 78 valence electrons. The van der Waals surface area contributed by atoms with Crippen molar-refractivity contribution in [2.45, 2.75) is 22.9 Å². The molecule has 2 aliphatic heterocycles. The Kier molecular flexibility index (Phi) is 2.17. The Morgan fingerprint density at radius 3 is 2.86 bits per heavy atom. The maximum Gasteiger partial charge on any atom is 0.330 e. The number of fused-ring (bicyclic) bond motifs is 1. The first-order valence-corrected chi connectivity index (χ1v) is 5.01. The summed E-state index contributed by atoms with van der Waals surface area (Å²) in [7, 11) is 1.43. The summed E-state index contributed by atoms with van der Waals surface area (Å²) in [5.41, 5.74) is 5.01. The van der Waals surface area contributed by atoms with Crippen LogP contribution in [0.5, 0.6) is 0 Å². The standard InChI is InChI=1S/C7H10N2O4S/c1-13-7-3(6(11)12)9-4(10)2(8)5(9)14-7/h2-3,5,7H,8H2,1H3,(H,11,12). The van der Waals surface area contributed by atoms with Crippen LogP contribution in [0.15, 0.2) is 0 Å². The Hall–Kier alpha value is -0.790. The fraction of sp³-hybridized carbons (Fsp3) is 0.714. The number of ether oxygens (including phenoxy) is 1. The van der Waals surface area contributed by atoms with Gasteiger partial charge in [0.25, 0.3) is 0 Å². The number of aliphatic carboxylic acids is 1.